The normalized spacial score (nSPS) is 14.7. The lowest BCUT2D eigenvalue weighted by atomic mass is 9.85. The number of rotatable bonds is 25. The number of amides is 6. The molecule has 0 bridgehead atoms. The predicted octanol–water partition coefficient (Wildman–Crippen LogP) is 10.7. The van der Waals surface area contributed by atoms with Gasteiger partial charge in [-0.2, -0.15) is 0 Å². The lowest BCUT2D eigenvalue weighted by Gasteiger charge is -2.36. The van der Waals surface area contributed by atoms with Crippen LogP contribution in [0.1, 0.15) is 110 Å². The number of unbranched alkanes of at least 4 members (excludes halogenated alkanes) is 4. The van der Waals surface area contributed by atoms with Crippen molar-refractivity contribution in [1.82, 2.24) is 30.8 Å². The highest BCUT2D eigenvalue weighted by molar-refractivity contribution is 7.13. The molecule has 2 aliphatic rings. The van der Waals surface area contributed by atoms with Gasteiger partial charge in [-0.1, -0.05) is 64.3 Å². The lowest BCUT2D eigenvalue weighted by Crippen LogP contribution is -2.58. The van der Waals surface area contributed by atoms with E-state index in [0.717, 1.165) is 58.5 Å². The second kappa shape index (κ2) is 27.2. The van der Waals surface area contributed by atoms with Crippen molar-refractivity contribution >= 4 is 74.7 Å². The molecule has 1 aliphatic heterocycles. The quantitative estimate of drug-likeness (QED) is 0.0269. The molecule has 2 atom stereocenters. The Hall–Kier alpha value is -7.93. The molecule has 5 N–H and O–H groups in total. The van der Waals surface area contributed by atoms with Gasteiger partial charge >= 0.3 is 0 Å². The van der Waals surface area contributed by atoms with Crippen molar-refractivity contribution in [2.24, 2.45) is 16.7 Å². The number of halogens is 1. The largest absolute Gasteiger partial charge is 0.495 e. The molecule has 6 amide bonds. The summed E-state index contributed by atoms with van der Waals surface area (Å²) in [6, 6.07) is 24.4. The summed E-state index contributed by atoms with van der Waals surface area (Å²) in [6.07, 6.45) is 8.31. The summed E-state index contributed by atoms with van der Waals surface area (Å²) in [5.41, 5.74) is 5.55. The van der Waals surface area contributed by atoms with Crippen molar-refractivity contribution in [2.75, 3.05) is 48.8 Å². The topological polar surface area (TPSA) is 213 Å². The number of pyridine rings is 1. The van der Waals surface area contributed by atoms with E-state index in [-0.39, 0.29) is 36.0 Å². The highest BCUT2D eigenvalue weighted by Gasteiger charge is 2.56. The van der Waals surface area contributed by atoms with E-state index < -0.39 is 40.5 Å². The third kappa shape index (κ3) is 15.1. The second-order valence-corrected chi connectivity index (χ2v) is 23.2. The van der Waals surface area contributed by atoms with Crippen LogP contribution < -0.4 is 41.0 Å². The third-order valence-corrected chi connectivity index (χ3v) is 16.4. The van der Waals surface area contributed by atoms with Gasteiger partial charge in [0.25, 0.3) is 0 Å². The summed E-state index contributed by atoms with van der Waals surface area (Å²) in [7, 11) is 1.62. The molecule has 6 aromatic rings. The maximum Gasteiger partial charge on any atom is 0.246 e. The van der Waals surface area contributed by atoms with Gasteiger partial charge in [0.05, 0.1) is 34.4 Å². The summed E-state index contributed by atoms with van der Waals surface area (Å²) in [5.74, 6) is -0.334. The molecule has 82 heavy (non-hydrogen) atoms. The maximum atomic E-state index is 14.0. The molecule has 0 radical (unpaired) electrons. The van der Waals surface area contributed by atoms with Gasteiger partial charge in [-0.05, 0) is 143 Å². The maximum absolute atomic E-state index is 14.0. The Kier molecular flexibility index (Phi) is 20.0. The Balaban J connectivity index is 0.721. The van der Waals surface area contributed by atoms with E-state index in [1.165, 1.54) is 29.2 Å². The summed E-state index contributed by atoms with van der Waals surface area (Å²) in [4.78, 5) is 94.0. The SMILES string of the molecule is CCN(C(=O)[C@@H](NC(=O)CCCCCCCNC(=O)C1CCN(c2cc3nccc(Oc4ccc(NC(=O)C5(C(=O)Nc6ccc(F)cc6)CC5)cc4)c3cc2OC)CC1)C(C)(C)C)[C@@H](C)C(=O)NCc1ccc(-c2scnc2C)cc1. The lowest BCUT2D eigenvalue weighted by molar-refractivity contribution is -0.145. The number of methoxy groups -OCH3 is 1. The Bertz CT molecular complexity index is 3210. The summed E-state index contributed by atoms with van der Waals surface area (Å²) in [5, 5.41) is 15.4. The zero-order valence-corrected chi connectivity index (χ0v) is 48.8. The molecule has 3 heterocycles. The number of carbonyl (C=O) groups is 6. The highest BCUT2D eigenvalue weighted by atomic mass is 32.1. The van der Waals surface area contributed by atoms with Crippen molar-refractivity contribution in [3.63, 3.8) is 0 Å². The van der Waals surface area contributed by atoms with Gasteiger partial charge < -0.3 is 45.9 Å². The minimum absolute atomic E-state index is 0.0576. The highest BCUT2D eigenvalue weighted by Crippen LogP contribution is 2.48. The Morgan fingerprint density at radius 2 is 1.46 bits per heavy atom. The number of thiazole rings is 1. The van der Waals surface area contributed by atoms with E-state index in [9.17, 15) is 33.2 Å². The van der Waals surface area contributed by atoms with Gasteiger partial charge in [0.1, 0.15) is 40.6 Å². The second-order valence-electron chi connectivity index (χ2n) is 22.4. The molecule has 17 nitrogen and oxygen atoms in total. The van der Waals surface area contributed by atoms with Crippen LogP contribution in [0.5, 0.6) is 17.2 Å². The smallest absolute Gasteiger partial charge is 0.246 e. The van der Waals surface area contributed by atoms with E-state index >= 15 is 0 Å². The van der Waals surface area contributed by atoms with Crippen molar-refractivity contribution in [3.8, 4) is 27.7 Å². The molecule has 434 valence electrons. The summed E-state index contributed by atoms with van der Waals surface area (Å²) >= 11 is 1.59. The van der Waals surface area contributed by atoms with E-state index in [4.69, 9.17) is 9.47 Å². The Morgan fingerprint density at radius 1 is 0.817 bits per heavy atom. The van der Waals surface area contributed by atoms with E-state index in [0.29, 0.717) is 99.0 Å². The van der Waals surface area contributed by atoms with Gasteiger partial charge in [-0.15, -0.1) is 11.3 Å². The molecular formula is C63H76FN9O8S. The fourth-order valence-electron chi connectivity index (χ4n) is 10.3. The first-order chi connectivity index (χ1) is 39.4. The van der Waals surface area contributed by atoms with Gasteiger partial charge in [-0.25, -0.2) is 9.37 Å². The van der Waals surface area contributed by atoms with E-state index in [1.807, 2.05) is 76.5 Å². The number of anilines is 3. The number of hydrogen-bond acceptors (Lipinski definition) is 12. The van der Waals surface area contributed by atoms with Crippen LogP contribution in [0, 0.1) is 29.5 Å². The van der Waals surface area contributed by atoms with E-state index in [2.05, 4.69) is 41.5 Å². The van der Waals surface area contributed by atoms with Crippen molar-refractivity contribution in [3.05, 3.63) is 120 Å². The summed E-state index contributed by atoms with van der Waals surface area (Å²) < 4.78 is 25.6. The average molecular weight is 1140 g/mol. The number of aryl methyl sites for hydroxylation is 1. The van der Waals surface area contributed by atoms with E-state index in [1.54, 1.807) is 61.9 Å². The minimum Gasteiger partial charge on any atom is -0.495 e. The third-order valence-electron chi connectivity index (χ3n) is 15.5. The standard InChI is InChI=1S/C63H76FN9O8S/c1-8-73(41(3)57(75)67-38-42-15-17-43(18-16-42)55-40(2)68-39-82-55)59(77)56(62(4,5)6)71-54(74)14-12-10-9-11-13-32-66-58(76)44-28-34-72(35-29-44)51-37-50-49(36-53(51)80-7)52(27-33-65-50)81-48-25-23-47(24-26-48)70-61(79)63(30-31-63)60(78)69-46-21-19-45(64)20-22-46/h15-27,33,36-37,39,41,44,56H,8-14,28-32,34-35,38H2,1-7H3,(H,66,76)(H,67,75)(H,69,78)(H,70,79)(H,71,74)/t41-,56+/m0/s1. The molecule has 19 heteroatoms. The Morgan fingerprint density at radius 3 is 2.07 bits per heavy atom. The Labute approximate surface area is 483 Å². The van der Waals surface area contributed by atoms with Crippen LogP contribution in [-0.2, 0) is 35.3 Å². The fourth-order valence-corrected chi connectivity index (χ4v) is 11.1. The first-order valence-corrected chi connectivity index (χ1v) is 29.3. The molecule has 4 aromatic carbocycles. The zero-order chi connectivity index (χ0) is 58.6. The minimum atomic E-state index is -1.19. The number of piperidine rings is 1. The summed E-state index contributed by atoms with van der Waals surface area (Å²) in [6.45, 7) is 13.8. The first-order valence-electron chi connectivity index (χ1n) is 28.4. The van der Waals surface area contributed by atoms with Crippen LogP contribution in [-0.4, -0.2) is 95.7 Å². The number of nitrogens with zero attached hydrogens (tertiary/aromatic N) is 4. The molecule has 2 aromatic heterocycles. The van der Waals surface area contributed by atoms with Crippen LogP contribution in [0.4, 0.5) is 21.5 Å². The molecule has 2 fully saturated rings. The number of fused-ring (bicyclic) bond motifs is 1. The van der Waals surface area contributed by atoms with Gasteiger partial charge in [0.2, 0.25) is 35.4 Å². The molecule has 1 aliphatic carbocycles. The van der Waals surface area contributed by atoms with Crippen LogP contribution >= 0.6 is 11.3 Å². The zero-order valence-electron chi connectivity index (χ0n) is 48.0. The number of ether oxygens (including phenoxy) is 2. The van der Waals surface area contributed by atoms with Crippen LogP contribution in [0.25, 0.3) is 21.3 Å². The van der Waals surface area contributed by atoms with Crippen molar-refractivity contribution < 1.29 is 42.6 Å². The van der Waals surface area contributed by atoms with Crippen LogP contribution in [0.15, 0.2) is 103 Å². The predicted molar refractivity (Wildman–Crippen MR) is 318 cm³/mol. The van der Waals surface area contributed by atoms with Crippen molar-refractivity contribution in [1.29, 1.82) is 0 Å². The average Bonchev–Trinajstić information content (AvgIpc) is 3.64. The first kappa shape index (κ1) is 60.2. The number of nitrogens with one attached hydrogen (secondary N) is 5. The van der Waals surface area contributed by atoms with Gasteiger partial charge in [0.15, 0.2) is 0 Å². The van der Waals surface area contributed by atoms with Gasteiger partial charge in [0, 0.05) is 68.0 Å². The van der Waals surface area contributed by atoms with Crippen LogP contribution in [0.2, 0.25) is 0 Å². The molecule has 1 saturated carbocycles. The number of carbonyl (C=O) groups excluding carboxylic acids is 6. The molecule has 1 saturated heterocycles. The van der Waals surface area contributed by atoms with Crippen LogP contribution in [0.3, 0.4) is 0 Å². The molecular weight excluding hydrogens is 1060 g/mol. The number of aromatic nitrogens is 2. The molecule has 0 spiro atoms. The number of hydrogen-bond donors (Lipinski definition) is 5. The number of benzene rings is 4. The fraction of sp³-hybridized carbons (Fsp3) is 0.429. The molecule has 8 rings (SSSR count). The number of likely N-dealkylation sites (N-methyl/N-ethyl adjacent to an activating group) is 1. The molecule has 0 unspecified atom stereocenters. The van der Waals surface area contributed by atoms with Gasteiger partial charge in [-0.3, -0.25) is 33.8 Å². The monoisotopic (exact) mass is 1140 g/mol. The van der Waals surface area contributed by atoms with Crippen molar-refractivity contribution in [2.45, 2.75) is 124 Å².